The third-order valence-corrected chi connectivity index (χ3v) is 7.77. The number of methoxy groups -OCH3 is 1. The van der Waals surface area contributed by atoms with Crippen LogP contribution in [0.4, 0.5) is 5.82 Å². The monoisotopic (exact) mass is 529 g/mol. The molecule has 0 saturated carbocycles. The Balaban J connectivity index is 1.45. The zero-order valence-corrected chi connectivity index (χ0v) is 23.5. The molecule has 0 radical (unpaired) electrons. The lowest BCUT2D eigenvalue weighted by molar-refractivity contribution is -0.143. The minimum atomic E-state index is -0.178. The molecule has 0 aliphatic carbocycles. The summed E-state index contributed by atoms with van der Waals surface area (Å²) in [5.74, 6) is 1.63. The van der Waals surface area contributed by atoms with E-state index in [0.29, 0.717) is 32.7 Å². The number of anilines is 1. The Bertz CT molecular complexity index is 1310. The van der Waals surface area contributed by atoms with Gasteiger partial charge in [0.05, 0.1) is 25.5 Å². The highest BCUT2D eigenvalue weighted by Crippen LogP contribution is 2.37. The Hall–Kier alpha value is -3.42. The Morgan fingerprint density at radius 1 is 1.10 bits per heavy atom. The highest BCUT2D eigenvalue weighted by atomic mass is 16.5. The maximum absolute atomic E-state index is 12.0. The molecule has 2 aliphatic rings. The first-order valence-corrected chi connectivity index (χ1v) is 14.0. The largest absolute Gasteiger partial charge is 0.496 e. The van der Waals surface area contributed by atoms with Crippen molar-refractivity contribution in [3.8, 4) is 16.9 Å². The first kappa shape index (κ1) is 27.2. The molecule has 0 N–H and O–H groups in total. The number of rotatable bonds is 10. The van der Waals surface area contributed by atoms with Gasteiger partial charge in [-0.05, 0) is 69.0 Å². The molecule has 2 aliphatic heterocycles. The Morgan fingerprint density at radius 2 is 1.95 bits per heavy atom. The van der Waals surface area contributed by atoms with E-state index in [1.807, 2.05) is 19.1 Å². The lowest BCUT2D eigenvalue weighted by atomic mass is 9.97. The highest BCUT2D eigenvalue weighted by Gasteiger charge is 2.34. The van der Waals surface area contributed by atoms with Crippen molar-refractivity contribution < 1.29 is 19.0 Å². The van der Waals surface area contributed by atoms with Crippen LogP contribution in [0.15, 0.2) is 54.6 Å². The molecule has 0 amide bonds. The third kappa shape index (κ3) is 6.10. The van der Waals surface area contributed by atoms with E-state index in [0.717, 1.165) is 47.0 Å². The minimum Gasteiger partial charge on any atom is -0.496 e. The molecule has 2 aromatic carbocycles. The molecular formula is C32H39N3O4. The van der Waals surface area contributed by atoms with Crippen molar-refractivity contribution in [2.45, 2.75) is 58.7 Å². The predicted octanol–water partition coefficient (Wildman–Crippen LogP) is 5.69. The van der Waals surface area contributed by atoms with Crippen LogP contribution in [0.1, 0.15) is 55.2 Å². The van der Waals surface area contributed by atoms with Crippen LogP contribution in [0.5, 0.6) is 5.75 Å². The number of ether oxygens (including phenoxy) is 3. The number of hydrogen-bond donors (Lipinski definition) is 0. The molecule has 0 spiro atoms. The standard InChI is InChI=1S/C32H39N3O4/c1-5-38-31(36)15-11-24-10-13-29(37-4)27(19-24)26-12-14-30(34-16-7-17-34)33-28(26)20-35-21-39-32(23(35)3)25-9-6-8-22(2)18-25/h6,8-10,12-14,18-19,23,32H,5,7,11,15-17,20-21H2,1-4H3/t23-,32-/m0/s1. The Morgan fingerprint density at radius 3 is 2.67 bits per heavy atom. The van der Waals surface area contributed by atoms with Gasteiger partial charge in [-0.1, -0.05) is 35.9 Å². The summed E-state index contributed by atoms with van der Waals surface area (Å²) >= 11 is 0. The molecule has 206 valence electrons. The lowest BCUT2D eigenvalue weighted by Crippen LogP contribution is -2.38. The fraction of sp³-hybridized carbons (Fsp3) is 0.438. The molecule has 2 atom stereocenters. The maximum atomic E-state index is 12.0. The van der Waals surface area contributed by atoms with Crippen molar-refractivity contribution in [1.29, 1.82) is 0 Å². The second-order valence-corrected chi connectivity index (χ2v) is 10.5. The molecule has 3 aromatic rings. The number of hydrogen-bond acceptors (Lipinski definition) is 7. The number of esters is 1. The van der Waals surface area contributed by atoms with Crippen molar-refractivity contribution in [1.82, 2.24) is 9.88 Å². The second-order valence-electron chi connectivity index (χ2n) is 10.5. The molecule has 0 unspecified atom stereocenters. The molecule has 1 aromatic heterocycles. The molecule has 3 heterocycles. The lowest BCUT2D eigenvalue weighted by Gasteiger charge is -2.33. The molecule has 2 fully saturated rings. The molecule has 7 nitrogen and oxygen atoms in total. The average molecular weight is 530 g/mol. The van der Waals surface area contributed by atoms with E-state index in [2.05, 4.69) is 66.1 Å². The van der Waals surface area contributed by atoms with Crippen LogP contribution in [-0.4, -0.2) is 55.4 Å². The predicted molar refractivity (Wildman–Crippen MR) is 153 cm³/mol. The van der Waals surface area contributed by atoms with Crippen LogP contribution in [0.25, 0.3) is 11.1 Å². The normalized spacial score (nSPS) is 19.1. The van der Waals surface area contributed by atoms with E-state index >= 15 is 0 Å². The van der Waals surface area contributed by atoms with E-state index < -0.39 is 0 Å². The highest BCUT2D eigenvalue weighted by molar-refractivity contribution is 5.75. The molecule has 39 heavy (non-hydrogen) atoms. The van der Waals surface area contributed by atoms with Gasteiger partial charge in [0.1, 0.15) is 18.3 Å². The molecule has 0 bridgehead atoms. The molecule has 5 rings (SSSR count). The summed E-state index contributed by atoms with van der Waals surface area (Å²) in [6.45, 7) is 9.87. The number of aromatic nitrogens is 1. The van der Waals surface area contributed by atoms with Gasteiger partial charge < -0.3 is 19.1 Å². The van der Waals surface area contributed by atoms with E-state index in [1.165, 1.54) is 17.5 Å². The van der Waals surface area contributed by atoms with Crippen LogP contribution in [-0.2, 0) is 27.2 Å². The molecule has 7 heteroatoms. The fourth-order valence-electron chi connectivity index (χ4n) is 5.41. The first-order chi connectivity index (χ1) is 19.0. The minimum absolute atomic E-state index is 0.0210. The van der Waals surface area contributed by atoms with Crippen molar-refractivity contribution in [3.63, 3.8) is 0 Å². The van der Waals surface area contributed by atoms with E-state index in [9.17, 15) is 4.79 Å². The summed E-state index contributed by atoms with van der Waals surface area (Å²) in [7, 11) is 1.70. The second kappa shape index (κ2) is 12.2. The van der Waals surface area contributed by atoms with Gasteiger partial charge >= 0.3 is 5.97 Å². The van der Waals surface area contributed by atoms with Crippen LogP contribution in [0.3, 0.4) is 0 Å². The van der Waals surface area contributed by atoms with Gasteiger partial charge in [0.2, 0.25) is 0 Å². The summed E-state index contributed by atoms with van der Waals surface area (Å²) in [6.07, 6.45) is 2.18. The van der Waals surface area contributed by atoms with E-state index in [-0.39, 0.29) is 18.1 Å². The van der Waals surface area contributed by atoms with Crippen molar-refractivity contribution in [2.24, 2.45) is 0 Å². The van der Waals surface area contributed by atoms with E-state index in [1.54, 1.807) is 7.11 Å². The average Bonchev–Trinajstić information content (AvgIpc) is 3.26. The fourth-order valence-corrected chi connectivity index (χ4v) is 5.41. The Kier molecular flexibility index (Phi) is 8.48. The SMILES string of the molecule is CCOC(=O)CCc1ccc(OC)c(-c2ccc(N3CCC3)nc2CN2CO[C@H](c3cccc(C)c3)[C@@H]2C)c1. The number of carbonyl (C=O) groups excluding carboxylic acids is 1. The van der Waals surface area contributed by atoms with Crippen molar-refractivity contribution >= 4 is 11.8 Å². The number of carbonyl (C=O) groups is 1. The Labute approximate surface area is 231 Å². The van der Waals surface area contributed by atoms with Crippen LogP contribution < -0.4 is 9.64 Å². The molecule has 2 saturated heterocycles. The summed E-state index contributed by atoms with van der Waals surface area (Å²) < 4.78 is 17.2. The van der Waals surface area contributed by atoms with Crippen molar-refractivity contribution in [2.75, 3.05) is 38.4 Å². The third-order valence-electron chi connectivity index (χ3n) is 7.77. The summed E-state index contributed by atoms with van der Waals surface area (Å²) in [5.41, 5.74) is 6.54. The van der Waals surface area contributed by atoms with Gasteiger partial charge in [-0.25, -0.2) is 4.98 Å². The quantitative estimate of drug-likeness (QED) is 0.313. The van der Waals surface area contributed by atoms with Crippen LogP contribution >= 0.6 is 0 Å². The number of nitrogens with zero attached hydrogens (tertiary/aromatic N) is 3. The van der Waals surface area contributed by atoms with Crippen molar-refractivity contribution in [3.05, 3.63) is 77.0 Å². The first-order valence-electron chi connectivity index (χ1n) is 14.0. The van der Waals surface area contributed by atoms with Gasteiger partial charge in [0, 0.05) is 43.2 Å². The van der Waals surface area contributed by atoms with Gasteiger partial charge in [-0.2, -0.15) is 0 Å². The smallest absolute Gasteiger partial charge is 0.306 e. The van der Waals surface area contributed by atoms with E-state index in [4.69, 9.17) is 19.2 Å². The number of aryl methyl sites for hydroxylation is 2. The topological polar surface area (TPSA) is 64.1 Å². The number of pyridine rings is 1. The zero-order chi connectivity index (χ0) is 27.4. The summed E-state index contributed by atoms with van der Waals surface area (Å²) in [4.78, 5) is 21.8. The maximum Gasteiger partial charge on any atom is 0.306 e. The van der Waals surface area contributed by atoms with Crippen LogP contribution in [0.2, 0.25) is 0 Å². The van der Waals surface area contributed by atoms with Gasteiger partial charge in [0.25, 0.3) is 0 Å². The summed E-state index contributed by atoms with van der Waals surface area (Å²) in [5, 5.41) is 0. The van der Waals surface area contributed by atoms with Crippen LogP contribution in [0, 0.1) is 6.92 Å². The summed E-state index contributed by atoms with van der Waals surface area (Å²) in [6, 6.07) is 19.2. The zero-order valence-electron chi connectivity index (χ0n) is 23.5. The molecular weight excluding hydrogens is 490 g/mol. The van der Waals surface area contributed by atoms with Gasteiger partial charge in [0.15, 0.2) is 0 Å². The number of benzene rings is 2. The van der Waals surface area contributed by atoms with Gasteiger partial charge in [-0.15, -0.1) is 0 Å². The van der Waals surface area contributed by atoms with Gasteiger partial charge in [-0.3, -0.25) is 9.69 Å².